The molecule has 6 nitrogen and oxygen atoms in total. The maximum atomic E-state index is 11.1. The van der Waals surface area contributed by atoms with Gasteiger partial charge in [-0.2, -0.15) is 0 Å². The van der Waals surface area contributed by atoms with Gasteiger partial charge in [0, 0.05) is 50.0 Å². The third-order valence-corrected chi connectivity index (χ3v) is 4.87. The number of rotatable bonds is 6. The second-order valence-corrected chi connectivity index (χ2v) is 7.32. The van der Waals surface area contributed by atoms with E-state index in [0.29, 0.717) is 5.56 Å². The molecule has 1 aliphatic rings. The molecule has 1 fully saturated rings. The normalized spacial score (nSPS) is 14.9. The number of carbonyl (C=O) groups is 1. The SMILES string of the molecule is CC(C)(CNc1ccc(C(N)=O)cn1)c1cccc(N2CCNCC2)c1. The molecule has 0 saturated carbocycles. The van der Waals surface area contributed by atoms with Crippen molar-refractivity contribution in [3.63, 3.8) is 0 Å². The molecule has 4 N–H and O–H groups in total. The molecule has 1 aromatic heterocycles. The third-order valence-electron chi connectivity index (χ3n) is 4.87. The van der Waals surface area contributed by atoms with Crippen LogP contribution in [0.5, 0.6) is 0 Å². The van der Waals surface area contributed by atoms with Crippen LogP contribution in [0.4, 0.5) is 11.5 Å². The lowest BCUT2D eigenvalue weighted by Crippen LogP contribution is -2.43. The molecule has 1 aromatic carbocycles. The number of aromatic nitrogens is 1. The summed E-state index contributed by atoms with van der Waals surface area (Å²) in [6.45, 7) is 9.31. The zero-order chi connectivity index (χ0) is 18.6. The van der Waals surface area contributed by atoms with Crippen molar-refractivity contribution in [1.82, 2.24) is 10.3 Å². The predicted octanol–water partition coefficient (Wildman–Crippen LogP) is 1.98. The van der Waals surface area contributed by atoms with Crippen molar-refractivity contribution in [2.45, 2.75) is 19.3 Å². The van der Waals surface area contributed by atoms with Crippen LogP contribution in [0, 0.1) is 0 Å². The Kier molecular flexibility index (Phi) is 5.42. The summed E-state index contributed by atoms with van der Waals surface area (Å²) >= 11 is 0. The van der Waals surface area contributed by atoms with E-state index < -0.39 is 5.91 Å². The number of nitrogens with zero attached hydrogens (tertiary/aromatic N) is 2. The molecule has 0 bridgehead atoms. The Morgan fingerprint density at radius 1 is 1.27 bits per heavy atom. The molecule has 0 unspecified atom stereocenters. The molecule has 0 aliphatic carbocycles. The molecule has 138 valence electrons. The van der Waals surface area contributed by atoms with Crippen LogP contribution in [0.25, 0.3) is 0 Å². The van der Waals surface area contributed by atoms with Crippen molar-refractivity contribution in [1.29, 1.82) is 0 Å². The quantitative estimate of drug-likeness (QED) is 0.740. The number of nitrogens with one attached hydrogen (secondary N) is 2. The lowest BCUT2D eigenvalue weighted by molar-refractivity contribution is 0.1000. The zero-order valence-electron chi connectivity index (χ0n) is 15.5. The van der Waals surface area contributed by atoms with Crippen LogP contribution in [-0.2, 0) is 5.41 Å². The number of hydrogen-bond acceptors (Lipinski definition) is 5. The highest BCUT2D eigenvalue weighted by molar-refractivity contribution is 5.92. The van der Waals surface area contributed by atoms with E-state index in [1.54, 1.807) is 12.1 Å². The van der Waals surface area contributed by atoms with Gasteiger partial charge in [0.05, 0.1) is 5.56 Å². The summed E-state index contributed by atoms with van der Waals surface area (Å²) in [6, 6.07) is 12.3. The number of anilines is 2. The topological polar surface area (TPSA) is 83.3 Å². The standard InChI is InChI=1S/C20H27N5O/c1-20(2,14-24-18-7-6-15(13-23-18)19(21)26)16-4-3-5-17(12-16)25-10-8-22-9-11-25/h3-7,12-13,22H,8-11,14H2,1-2H3,(H2,21,26)(H,23,24). The monoisotopic (exact) mass is 353 g/mol. The van der Waals surface area contributed by atoms with Crippen molar-refractivity contribution >= 4 is 17.4 Å². The van der Waals surface area contributed by atoms with E-state index in [2.05, 4.69) is 58.6 Å². The van der Waals surface area contributed by atoms with E-state index >= 15 is 0 Å². The maximum absolute atomic E-state index is 11.1. The minimum Gasteiger partial charge on any atom is -0.369 e. The Labute approximate surface area is 154 Å². The van der Waals surface area contributed by atoms with Gasteiger partial charge in [0.1, 0.15) is 5.82 Å². The van der Waals surface area contributed by atoms with Crippen molar-refractivity contribution < 1.29 is 4.79 Å². The number of amides is 1. The van der Waals surface area contributed by atoms with Gasteiger partial charge in [-0.05, 0) is 29.8 Å². The van der Waals surface area contributed by atoms with Crippen LogP contribution < -0.4 is 21.3 Å². The van der Waals surface area contributed by atoms with Crippen molar-refractivity contribution in [3.8, 4) is 0 Å². The number of hydrogen-bond donors (Lipinski definition) is 3. The molecule has 1 aliphatic heterocycles. The van der Waals surface area contributed by atoms with Crippen LogP contribution in [0.2, 0.25) is 0 Å². The molecule has 1 amide bonds. The Bertz CT molecular complexity index is 751. The van der Waals surface area contributed by atoms with Crippen molar-refractivity contribution in [3.05, 3.63) is 53.7 Å². The summed E-state index contributed by atoms with van der Waals surface area (Å²) in [5, 5.41) is 6.75. The number of benzene rings is 1. The van der Waals surface area contributed by atoms with Crippen LogP contribution in [0.15, 0.2) is 42.6 Å². The fourth-order valence-electron chi connectivity index (χ4n) is 3.10. The molecular weight excluding hydrogens is 326 g/mol. The van der Waals surface area contributed by atoms with E-state index in [0.717, 1.165) is 38.5 Å². The van der Waals surface area contributed by atoms with Crippen LogP contribution in [0.1, 0.15) is 29.8 Å². The van der Waals surface area contributed by atoms with Crippen LogP contribution >= 0.6 is 0 Å². The largest absolute Gasteiger partial charge is 0.369 e. The summed E-state index contributed by atoms with van der Waals surface area (Å²) in [5.74, 6) is 0.274. The molecule has 2 heterocycles. The first kappa shape index (κ1) is 18.2. The zero-order valence-corrected chi connectivity index (χ0v) is 15.5. The van der Waals surface area contributed by atoms with Gasteiger partial charge >= 0.3 is 0 Å². The molecule has 26 heavy (non-hydrogen) atoms. The molecule has 0 atom stereocenters. The average Bonchev–Trinajstić information content (AvgIpc) is 2.67. The van der Waals surface area contributed by atoms with Gasteiger partial charge in [-0.25, -0.2) is 4.98 Å². The Morgan fingerprint density at radius 2 is 2.04 bits per heavy atom. The highest BCUT2D eigenvalue weighted by Gasteiger charge is 2.22. The van der Waals surface area contributed by atoms with E-state index in [1.165, 1.54) is 17.4 Å². The number of piperazine rings is 1. The van der Waals surface area contributed by atoms with E-state index in [1.807, 2.05) is 0 Å². The first-order valence-electron chi connectivity index (χ1n) is 9.02. The van der Waals surface area contributed by atoms with Gasteiger partial charge in [-0.1, -0.05) is 26.0 Å². The van der Waals surface area contributed by atoms with Crippen molar-refractivity contribution in [2.75, 3.05) is 42.9 Å². The number of carbonyl (C=O) groups excluding carboxylic acids is 1. The Balaban J connectivity index is 1.68. The van der Waals surface area contributed by atoms with Gasteiger partial charge in [0.15, 0.2) is 0 Å². The lowest BCUT2D eigenvalue weighted by Gasteiger charge is -2.32. The molecule has 6 heteroatoms. The summed E-state index contributed by atoms with van der Waals surface area (Å²) < 4.78 is 0. The first-order valence-corrected chi connectivity index (χ1v) is 9.02. The smallest absolute Gasteiger partial charge is 0.250 e. The Hall–Kier alpha value is -2.60. The summed E-state index contributed by atoms with van der Waals surface area (Å²) in [7, 11) is 0. The minimum absolute atomic E-state index is 0.0614. The van der Waals surface area contributed by atoms with Gasteiger partial charge in [0.2, 0.25) is 5.91 Å². The third kappa shape index (κ3) is 4.32. The first-order chi connectivity index (χ1) is 12.5. The van der Waals surface area contributed by atoms with Crippen molar-refractivity contribution in [2.24, 2.45) is 5.73 Å². The summed E-state index contributed by atoms with van der Waals surface area (Å²) in [5.41, 5.74) is 8.17. The Morgan fingerprint density at radius 3 is 2.69 bits per heavy atom. The number of primary amides is 1. The lowest BCUT2D eigenvalue weighted by atomic mass is 9.84. The minimum atomic E-state index is -0.464. The number of pyridine rings is 1. The van der Waals surface area contributed by atoms with Gasteiger partial charge in [0.25, 0.3) is 0 Å². The highest BCUT2D eigenvalue weighted by Crippen LogP contribution is 2.27. The van der Waals surface area contributed by atoms with Gasteiger partial charge < -0.3 is 21.3 Å². The molecular formula is C20H27N5O. The summed E-state index contributed by atoms with van der Waals surface area (Å²) in [4.78, 5) is 17.8. The second-order valence-electron chi connectivity index (χ2n) is 7.32. The molecule has 2 aromatic rings. The molecule has 3 rings (SSSR count). The molecule has 0 spiro atoms. The highest BCUT2D eigenvalue weighted by atomic mass is 16.1. The van der Waals surface area contributed by atoms with Crippen LogP contribution in [-0.4, -0.2) is 43.6 Å². The van der Waals surface area contributed by atoms with E-state index in [9.17, 15) is 4.79 Å². The van der Waals surface area contributed by atoms with E-state index in [4.69, 9.17) is 5.73 Å². The molecule has 0 radical (unpaired) electrons. The fraction of sp³-hybridized carbons (Fsp3) is 0.400. The predicted molar refractivity (Wildman–Crippen MR) is 106 cm³/mol. The second kappa shape index (κ2) is 7.74. The van der Waals surface area contributed by atoms with Gasteiger partial charge in [-0.15, -0.1) is 0 Å². The van der Waals surface area contributed by atoms with Gasteiger partial charge in [-0.3, -0.25) is 4.79 Å². The molecule has 1 saturated heterocycles. The average molecular weight is 353 g/mol. The fourth-order valence-corrected chi connectivity index (χ4v) is 3.10. The maximum Gasteiger partial charge on any atom is 0.250 e. The van der Waals surface area contributed by atoms with Crippen LogP contribution in [0.3, 0.4) is 0 Å². The number of nitrogens with two attached hydrogens (primary N) is 1. The summed E-state index contributed by atoms with van der Waals surface area (Å²) in [6.07, 6.45) is 1.50. The van der Waals surface area contributed by atoms with E-state index in [-0.39, 0.29) is 5.41 Å².